The van der Waals surface area contributed by atoms with Crippen molar-refractivity contribution in [1.29, 1.82) is 0 Å². The van der Waals surface area contributed by atoms with Crippen LogP contribution in [0.3, 0.4) is 0 Å². The third kappa shape index (κ3) is 5.85. The van der Waals surface area contributed by atoms with Gasteiger partial charge in [0.25, 0.3) is 5.91 Å². The maximum atomic E-state index is 12.7. The third-order valence-electron chi connectivity index (χ3n) is 5.74. The Morgan fingerprint density at radius 1 is 1.08 bits per heavy atom. The van der Waals surface area contributed by atoms with Gasteiger partial charge in [0.1, 0.15) is 11.4 Å². The summed E-state index contributed by atoms with van der Waals surface area (Å²) in [5.41, 5.74) is 3.39. The number of imidazole rings is 1. The normalized spacial score (nSPS) is 13.7. The number of hydrogen-bond acceptors (Lipinski definition) is 8. The molecule has 1 saturated heterocycles. The van der Waals surface area contributed by atoms with Crippen molar-refractivity contribution < 1.29 is 32.6 Å². The molecular weight excluding hydrogens is 525 g/mol. The molecular formula is C24H23F3N6O4S. The number of anilines is 1. The van der Waals surface area contributed by atoms with Crippen LogP contribution >= 0.6 is 11.3 Å². The number of carboxylic acids is 1. The van der Waals surface area contributed by atoms with Crippen molar-refractivity contribution in [3.63, 3.8) is 0 Å². The number of methoxy groups -OCH3 is 1. The van der Waals surface area contributed by atoms with Gasteiger partial charge in [-0.15, -0.1) is 11.3 Å². The van der Waals surface area contributed by atoms with Crippen LogP contribution in [0.4, 0.5) is 19.0 Å². The largest absolute Gasteiger partial charge is 0.497 e. The lowest BCUT2D eigenvalue weighted by atomic mass is 10.1. The summed E-state index contributed by atoms with van der Waals surface area (Å²) in [5, 5.41) is 9.86. The Bertz CT molecular complexity index is 1430. The van der Waals surface area contributed by atoms with Gasteiger partial charge in [0.05, 0.1) is 24.0 Å². The molecule has 1 aliphatic heterocycles. The van der Waals surface area contributed by atoms with E-state index in [1.165, 1.54) is 11.3 Å². The van der Waals surface area contributed by atoms with Crippen LogP contribution in [0.2, 0.25) is 0 Å². The summed E-state index contributed by atoms with van der Waals surface area (Å²) >= 11 is 1.50. The zero-order valence-corrected chi connectivity index (χ0v) is 21.2. The number of benzene rings is 1. The first-order chi connectivity index (χ1) is 18.1. The molecule has 0 radical (unpaired) electrons. The molecule has 1 amide bonds. The van der Waals surface area contributed by atoms with Crippen LogP contribution in [0.1, 0.15) is 15.5 Å². The van der Waals surface area contributed by atoms with Gasteiger partial charge in [0.15, 0.2) is 11.5 Å². The quantitative estimate of drug-likeness (QED) is 0.410. The van der Waals surface area contributed by atoms with Crippen LogP contribution in [0.15, 0.2) is 48.2 Å². The fraction of sp³-hybridized carbons (Fsp3) is 0.292. The lowest BCUT2D eigenvalue weighted by molar-refractivity contribution is -0.192. The lowest BCUT2D eigenvalue weighted by Gasteiger charge is -2.35. The molecule has 0 unspecified atom stereocenters. The molecule has 5 rings (SSSR count). The van der Waals surface area contributed by atoms with Crippen molar-refractivity contribution in [3.8, 4) is 17.0 Å². The van der Waals surface area contributed by atoms with Crippen molar-refractivity contribution in [2.45, 2.75) is 13.1 Å². The Morgan fingerprint density at radius 3 is 2.29 bits per heavy atom. The first-order valence-corrected chi connectivity index (χ1v) is 12.2. The number of hydrogen-bond donors (Lipinski definition) is 1. The van der Waals surface area contributed by atoms with Gasteiger partial charge in [-0.2, -0.15) is 13.2 Å². The van der Waals surface area contributed by atoms with Gasteiger partial charge in [-0.3, -0.25) is 9.20 Å². The number of nitrogens with zero attached hydrogens (tertiary/aromatic N) is 6. The average Bonchev–Trinajstić information content (AvgIpc) is 3.54. The minimum absolute atomic E-state index is 0.00206. The first kappa shape index (κ1) is 26.9. The van der Waals surface area contributed by atoms with Crippen LogP contribution in [0.5, 0.6) is 5.75 Å². The van der Waals surface area contributed by atoms with Crippen LogP contribution in [0.25, 0.3) is 16.9 Å². The Kier molecular flexibility index (Phi) is 7.80. The topological polar surface area (TPSA) is 113 Å². The molecule has 14 heteroatoms. The van der Waals surface area contributed by atoms with E-state index in [-0.39, 0.29) is 5.91 Å². The smallest absolute Gasteiger partial charge is 0.490 e. The summed E-state index contributed by atoms with van der Waals surface area (Å²) in [7, 11) is 1.66. The summed E-state index contributed by atoms with van der Waals surface area (Å²) in [6, 6.07) is 7.92. The van der Waals surface area contributed by atoms with E-state index in [1.807, 2.05) is 53.9 Å². The minimum atomic E-state index is -5.08. The van der Waals surface area contributed by atoms with E-state index in [0.29, 0.717) is 31.9 Å². The summed E-state index contributed by atoms with van der Waals surface area (Å²) in [6.45, 7) is 4.57. The van der Waals surface area contributed by atoms with Crippen LogP contribution in [-0.2, 0) is 4.79 Å². The van der Waals surface area contributed by atoms with Gasteiger partial charge in [-0.25, -0.2) is 19.7 Å². The summed E-state index contributed by atoms with van der Waals surface area (Å²) in [4.78, 5) is 39.2. The summed E-state index contributed by atoms with van der Waals surface area (Å²) < 4.78 is 39.0. The lowest BCUT2D eigenvalue weighted by Crippen LogP contribution is -2.49. The molecule has 1 fully saturated rings. The van der Waals surface area contributed by atoms with Gasteiger partial charge in [-0.1, -0.05) is 0 Å². The van der Waals surface area contributed by atoms with Gasteiger partial charge in [0.2, 0.25) is 0 Å². The first-order valence-electron chi connectivity index (χ1n) is 11.3. The highest BCUT2D eigenvalue weighted by Crippen LogP contribution is 2.27. The number of halogens is 3. The maximum Gasteiger partial charge on any atom is 0.490 e. The van der Waals surface area contributed by atoms with E-state index in [1.54, 1.807) is 13.3 Å². The Morgan fingerprint density at radius 2 is 1.74 bits per heavy atom. The third-order valence-corrected chi connectivity index (χ3v) is 6.52. The number of ether oxygens (including phenoxy) is 1. The number of carbonyl (C=O) groups is 2. The number of aliphatic carboxylic acids is 1. The molecule has 4 aromatic rings. The molecule has 0 saturated carbocycles. The molecule has 1 aromatic carbocycles. The predicted octanol–water partition coefficient (Wildman–Crippen LogP) is 3.77. The molecule has 200 valence electrons. The number of carboxylic acid groups (broad SMARTS) is 1. The van der Waals surface area contributed by atoms with Crippen molar-refractivity contribution in [2.24, 2.45) is 0 Å². The molecule has 1 N–H and O–H groups in total. The van der Waals surface area contributed by atoms with E-state index >= 15 is 0 Å². The number of fused-ring (bicyclic) bond motifs is 1. The second kappa shape index (κ2) is 11.0. The van der Waals surface area contributed by atoms with E-state index in [2.05, 4.69) is 24.3 Å². The Balaban J connectivity index is 0.000000426. The maximum absolute atomic E-state index is 12.7. The molecule has 0 atom stereocenters. The van der Waals surface area contributed by atoms with Crippen LogP contribution in [-0.4, -0.2) is 80.7 Å². The number of aromatic nitrogens is 4. The number of aryl methyl sites for hydroxylation is 1. The zero-order valence-electron chi connectivity index (χ0n) is 20.3. The molecule has 3 aromatic heterocycles. The van der Waals surface area contributed by atoms with Gasteiger partial charge < -0.3 is 19.6 Å². The van der Waals surface area contributed by atoms with Gasteiger partial charge >= 0.3 is 12.1 Å². The van der Waals surface area contributed by atoms with Gasteiger partial charge in [0, 0.05) is 49.5 Å². The zero-order chi connectivity index (χ0) is 27.4. The number of alkyl halides is 3. The highest BCUT2D eigenvalue weighted by atomic mass is 32.1. The highest BCUT2D eigenvalue weighted by Gasteiger charge is 2.38. The minimum Gasteiger partial charge on any atom is -0.497 e. The number of piperazine rings is 1. The van der Waals surface area contributed by atoms with E-state index in [0.717, 1.165) is 33.5 Å². The van der Waals surface area contributed by atoms with E-state index in [4.69, 9.17) is 14.6 Å². The highest BCUT2D eigenvalue weighted by molar-refractivity contribution is 7.09. The Hall–Kier alpha value is -4.20. The average molecular weight is 549 g/mol. The fourth-order valence-corrected chi connectivity index (χ4v) is 4.44. The second-order valence-electron chi connectivity index (χ2n) is 8.15. The fourth-order valence-electron chi connectivity index (χ4n) is 3.85. The second-order valence-corrected chi connectivity index (χ2v) is 9.21. The molecule has 38 heavy (non-hydrogen) atoms. The molecule has 0 bridgehead atoms. The van der Waals surface area contributed by atoms with Crippen molar-refractivity contribution in [3.05, 3.63) is 58.9 Å². The molecule has 1 aliphatic rings. The van der Waals surface area contributed by atoms with Crippen LogP contribution < -0.4 is 9.64 Å². The SMILES string of the molecule is COc1ccc(-c2cnc3c(N4CCN(C(=O)c5csc(C)n5)CC4)nccn23)cc1.O=C(O)C(F)(F)F. The molecule has 0 aliphatic carbocycles. The number of thiazole rings is 1. The van der Waals surface area contributed by atoms with Crippen molar-refractivity contribution >= 4 is 34.7 Å². The summed E-state index contributed by atoms with van der Waals surface area (Å²) in [6.07, 6.45) is 0.509. The van der Waals surface area contributed by atoms with E-state index in [9.17, 15) is 18.0 Å². The number of amides is 1. The number of carbonyl (C=O) groups excluding carboxylic acids is 1. The van der Waals surface area contributed by atoms with Crippen LogP contribution in [0, 0.1) is 6.92 Å². The van der Waals surface area contributed by atoms with Crippen molar-refractivity contribution in [2.75, 3.05) is 38.2 Å². The molecule has 0 spiro atoms. The van der Waals surface area contributed by atoms with Gasteiger partial charge in [-0.05, 0) is 31.2 Å². The number of rotatable bonds is 4. The standard InChI is InChI=1S/C22H22N6O2S.C2HF3O2/c1-15-25-18(14-31-15)22(29)27-11-9-26(10-12-27)20-21-24-13-19(28(21)8-7-23-20)16-3-5-17(30-2)6-4-16;3-2(4,5)1(6)7/h3-8,13-14H,9-12H2,1-2H3;(H,6,7). The molecule has 10 nitrogen and oxygen atoms in total. The monoisotopic (exact) mass is 548 g/mol. The predicted molar refractivity (Wildman–Crippen MR) is 134 cm³/mol. The summed E-state index contributed by atoms with van der Waals surface area (Å²) in [5.74, 6) is -1.11. The van der Waals surface area contributed by atoms with Crippen molar-refractivity contribution in [1.82, 2.24) is 24.3 Å². The molecule has 4 heterocycles. The Labute approximate surface area is 218 Å². The van der Waals surface area contributed by atoms with E-state index < -0.39 is 12.1 Å².